The molecule has 0 amide bonds. The number of rotatable bonds is 1. The van der Waals surface area contributed by atoms with Crippen LogP contribution >= 0.6 is 0 Å². The zero-order valence-electron chi connectivity index (χ0n) is 7.47. The first kappa shape index (κ1) is 8.27. The molecule has 2 N–H and O–H groups in total. The fraction of sp³-hybridized carbons (Fsp3) is 0.800. The summed E-state index contributed by atoms with van der Waals surface area (Å²) in [7, 11) is 0. The van der Waals surface area contributed by atoms with E-state index in [4.69, 9.17) is 0 Å². The third-order valence-corrected chi connectivity index (χ3v) is 2.97. The van der Waals surface area contributed by atoms with Crippen LogP contribution in [0.25, 0.3) is 0 Å². The minimum absolute atomic E-state index is 0.468. The first-order valence-corrected chi connectivity index (χ1v) is 4.94. The molecule has 1 aliphatic heterocycles. The molecule has 68 valence electrons. The summed E-state index contributed by atoms with van der Waals surface area (Å²) >= 11 is 0. The van der Waals surface area contributed by atoms with Crippen molar-refractivity contribution in [3.05, 3.63) is 11.6 Å². The number of hydrogen-bond acceptors (Lipinski definition) is 2. The van der Waals surface area contributed by atoms with Crippen molar-refractivity contribution in [2.75, 3.05) is 13.1 Å². The van der Waals surface area contributed by atoms with Crippen LogP contribution in [-0.4, -0.2) is 23.8 Å². The molecule has 0 spiro atoms. The fourth-order valence-electron chi connectivity index (χ4n) is 2.03. The number of hydrogen-bond donors (Lipinski definition) is 2. The molecule has 0 aromatic rings. The summed E-state index contributed by atoms with van der Waals surface area (Å²) in [5.41, 5.74) is 0.823. The maximum Gasteiger partial charge on any atom is 0.110 e. The van der Waals surface area contributed by atoms with Crippen LogP contribution in [0, 0.1) is 0 Å². The van der Waals surface area contributed by atoms with E-state index < -0.39 is 5.60 Å². The predicted molar refractivity (Wildman–Crippen MR) is 49.0 cm³/mol. The summed E-state index contributed by atoms with van der Waals surface area (Å²) in [6.07, 6.45) is 8.41. The van der Waals surface area contributed by atoms with Crippen LogP contribution in [0.15, 0.2) is 11.6 Å². The molecule has 1 aliphatic carbocycles. The lowest BCUT2D eigenvalue weighted by atomic mass is 9.85. The molecule has 0 atom stereocenters. The highest BCUT2D eigenvalue weighted by Crippen LogP contribution is 2.29. The minimum atomic E-state index is -0.468. The van der Waals surface area contributed by atoms with Crippen LogP contribution in [0.3, 0.4) is 0 Å². The Morgan fingerprint density at radius 2 is 2.08 bits per heavy atom. The van der Waals surface area contributed by atoms with Crippen LogP contribution in [-0.2, 0) is 0 Å². The van der Waals surface area contributed by atoms with E-state index in [0.29, 0.717) is 0 Å². The second-order valence-electron chi connectivity index (χ2n) is 3.96. The van der Waals surface area contributed by atoms with Crippen molar-refractivity contribution in [3.63, 3.8) is 0 Å². The molecule has 1 fully saturated rings. The summed E-state index contributed by atoms with van der Waals surface area (Å²) < 4.78 is 0. The molecular weight excluding hydrogens is 150 g/mol. The van der Waals surface area contributed by atoms with Crippen molar-refractivity contribution >= 4 is 0 Å². The number of allylic oxidation sites excluding steroid dienone is 1. The van der Waals surface area contributed by atoms with E-state index in [2.05, 4.69) is 11.4 Å². The second kappa shape index (κ2) is 3.19. The first-order chi connectivity index (χ1) is 5.81. The first-order valence-electron chi connectivity index (χ1n) is 4.94. The van der Waals surface area contributed by atoms with Gasteiger partial charge in [-0.3, -0.25) is 0 Å². The summed E-state index contributed by atoms with van der Waals surface area (Å²) in [4.78, 5) is 0. The smallest absolute Gasteiger partial charge is 0.110 e. The van der Waals surface area contributed by atoms with Gasteiger partial charge in [0.25, 0.3) is 0 Å². The van der Waals surface area contributed by atoms with Crippen molar-refractivity contribution in [2.45, 2.75) is 37.7 Å². The Hall–Kier alpha value is -0.340. The molecule has 12 heavy (non-hydrogen) atoms. The van der Waals surface area contributed by atoms with Crippen molar-refractivity contribution in [2.24, 2.45) is 0 Å². The molecule has 2 heteroatoms. The minimum Gasteiger partial charge on any atom is -0.383 e. The van der Waals surface area contributed by atoms with Crippen LogP contribution < -0.4 is 5.32 Å². The molecule has 2 nitrogen and oxygen atoms in total. The van der Waals surface area contributed by atoms with Gasteiger partial charge in [0.2, 0.25) is 0 Å². The molecule has 0 aromatic heterocycles. The fourth-order valence-corrected chi connectivity index (χ4v) is 2.03. The maximum absolute atomic E-state index is 10.0. The van der Waals surface area contributed by atoms with E-state index in [9.17, 15) is 5.11 Å². The Kier molecular flexibility index (Phi) is 2.20. The molecular formula is C10H17NO. The Morgan fingerprint density at radius 1 is 1.25 bits per heavy atom. The topological polar surface area (TPSA) is 32.3 Å². The van der Waals surface area contributed by atoms with Crippen molar-refractivity contribution in [1.29, 1.82) is 0 Å². The maximum atomic E-state index is 10.0. The van der Waals surface area contributed by atoms with Crippen molar-refractivity contribution < 1.29 is 5.11 Å². The molecule has 2 aliphatic rings. The monoisotopic (exact) mass is 167 g/mol. The van der Waals surface area contributed by atoms with E-state index >= 15 is 0 Å². The van der Waals surface area contributed by atoms with E-state index in [1.807, 2.05) is 0 Å². The van der Waals surface area contributed by atoms with Crippen molar-refractivity contribution in [1.82, 2.24) is 5.32 Å². The van der Waals surface area contributed by atoms with Gasteiger partial charge in [0.1, 0.15) is 5.60 Å². The second-order valence-corrected chi connectivity index (χ2v) is 3.96. The van der Waals surface area contributed by atoms with Gasteiger partial charge in [0.15, 0.2) is 0 Å². The molecule has 1 heterocycles. The molecule has 0 aromatic carbocycles. The third kappa shape index (κ3) is 1.41. The standard InChI is InChI=1S/C10H17NO/c12-10(7-11-8-10)9-5-3-1-2-4-6-9/h5,11-12H,1-4,6-8H2. The lowest BCUT2D eigenvalue weighted by Gasteiger charge is -2.39. The molecule has 0 bridgehead atoms. The SMILES string of the molecule is OC1(C2=CCCCCC2)CNC1. The van der Waals surface area contributed by atoms with Gasteiger partial charge in [-0.1, -0.05) is 12.5 Å². The van der Waals surface area contributed by atoms with Gasteiger partial charge in [-0.05, 0) is 31.3 Å². The highest BCUT2D eigenvalue weighted by atomic mass is 16.3. The van der Waals surface area contributed by atoms with Gasteiger partial charge < -0.3 is 10.4 Å². The zero-order valence-corrected chi connectivity index (χ0v) is 7.47. The largest absolute Gasteiger partial charge is 0.383 e. The lowest BCUT2D eigenvalue weighted by Crippen LogP contribution is -2.60. The summed E-state index contributed by atoms with van der Waals surface area (Å²) in [5, 5.41) is 13.2. The number of β-amino-alcohol motifs (C(OH)–C–C–N with tert-alkyl or cyclic N) is 1. The Balaban J connectivity index is 2.04. The van der Waals surface area contributed by atoms with Gasteiger partial charge in [-0.15, -0.1) is 0 Å². The van der Waals surface area contributed by atoms with E-state index in [0.717, 1.165) is 25.9 Å². The molecule has 0 unspecified atom stereocenters. The van der Waals surface area contributed by atoms with E-state index in [-0.39, 0.29) is 0 Å². The lowest BCUT2D eigenvalue weighted by molar-refractivity contribution is 0.0226. The number of aliphatic hydroxyl groups is 1. The molecule has 2 rings (SSSR count). The zero-order chi connectivity index (χ0) is 8.44. The normalized spacial score (nSPS) is 28.6. The van der Waals surface area contributed by atoms with Crippen LogP contribution in [0.4, 0.5) is 0 Å². The van der Waals surface area contributed by atoms with Crippen LogP contribution in [0.5, 0.6) is 0 Å². The molecule has 0 radical (unpaired) electrons. The quantitative estimate of drug-likeness (QED) is 0.575. The van der Waals surface area contributed by atoms with E-state index in [1.54, 1.807) is 0 Å². The Bertz CT molecular complexity index is 194. The van der Waals surface area contributed by atoms with Gasteiger partial charge in [0.05, 0.1) is 0 Å². The van der Waals surface area contributed by atoms with E-state index in [1.165, 1.54) is 24.8 Å². The highest BCUT2D eigenvalue weighted by Gasteiger charge is 2.37. The van der Waals surface area contributed by atoms with Crippen molar-refractivity contribution in [3.8, 4) is 0 Å². The van der Waals surface area contributed by atoms with Crippen LogP contribution in [0.2, 0.25) is 0 Å². The highest BCUT2D eigenvalue weighted by molar-refractivity contribution is 5.23. The molecule has 1 saturated heterocycles. The third-order valence-electron chi connectivity index (χ3n) is 2.97. The average Bonchev–Trinajstić information content (AvgIpc) is 2.27. The van der Waals surface area contributed by atoms with Gasteiger partial charge in [-0.25, -0.2) is 0 Å². The summed E-state index contributed by atoms with van der Waals surface area (Å²) in [5.74, 6) is 0. The Labute approximate surface area is 73.7 Å². The summed E-state index contributed by atoms with van der Waals surface area (Å²) in [6.45, 7) is 1.53. The summed E-state index contributed by atoms with van der Waals surface area (Å²) in [6, 6.07) is 0. The average molecular weight is 167 g/mol. The van der Waals surface area contributed by atoms with Gasteiger partial charge >= 0.3 is 0 Å². The number of nitrogens with one attached hydrogen (secondary N) is 1. The van der Waals surface area contributed by atoms with Gasteiger partial charge in [0, 0.05) is 13.1 Å². The molecule has 0 saturated carbocycles. The Morgan fingerprint density at radius 3 is 2.75 bits per heavy atom. The predicted octanol–water partition coefficient (Wildman–Crippen LogP) is 1.21. The van der Waals surface area contributed by atoms with Gasteiger partial charge in [-0.2, -0.15) is 0 Å². The van der Waals surface area contributed by atoms with Crippen LogP contribution in [0.1, 0.15) is 32.1 Å².